The number of nitrogens with one attached hydrogen (secondary N) is 3. The summed E-state index contributed by atoms with van der Waals surface area (Å²) in [5.41, 5.74) is 3.60. The molecular weight excluding hydrogens is 690 g/mol. The summed E-state index contributed by atoms with van der Waals surface area (Å²) in [5.74, 6) is 0.110. The Bertz CT molecular complexity index is 2010. The number of rotatable bonds is 9. The number of carbonyl (C=O) groups is 3. The minimum atomic E-state index is -0.547. The van der Waals surface area contributed by atoms with Crippen molar-refractivity contribution in [1.29, 1.82) is 0 Å². The minimum absolute atomic E-state index is 0.0303. The van der Waals surface area contributed by atoms with Gasteiger partial charge in [0.1, 0.15) is 29.0 Å². The third-order valence-electron chi connectivity index (χ3n) is 11.4. The fraction of sp³-hybridized carbons (Fsp3) is 0.487. The summed E-state index contributed by atoms with van der Waals surface area (Å²) in [7, 11) is 3.55. The second-order valence-corrected chi connectivity index (χ2v) is 15.1. The molecule has 8 rings (SSSR count). The monoisotopic (exact) mass is 737 g/mol. The van der Waals surface area contributed by atoms with Crippen LogP contribution in [0.1, 0.15) is 67.9 Å². The van der Waals surface area contributed by atoms with Gasteiger partial charge in [0.2, 0.25) is 17.8 Å². The molecule has 284 valence electrons. The SMILES string of the molecule is CN(C)C(=O)c1cc2cnc(Nc3ccc(N4CCC(N5CCN(c6ccc(N[C@H]7CCC(=O)NC7=O)cc6F)CC5)CC4)cn3)nc2n1C1CCCC1. The van der Waals surface area contributed by atoms with Gasteiger partial charge in [-0.2, -0.15) is 4.98 Å². The van der Waals surface area contributed by atoms with Gasteiger partial charge in [-0.3, -0.25) is 24.6 Å². The molecule has 15 heteroatoms. The quantitative estimate of drug-likeness (QED) is 0.209. The zero-order valence-corrected chi connectivity index (χ0v) is 30.9. The van der Waals surface area contributed by atoms with E-state index in [-0.39, 0.29) is 36.0 Å². The van der Waals surface area contributed by atoms with Gasteiger partial charge in [-0.05, 0) is 68.5 Å². The van der Waals surface area contributed by atoms with Crippen molar-refractivity contribution >= 4 is 57.6 Å². The van der Waals surface area contributed by atoms with E-state index in [1.54, 1.807) is 37.3 Å². The number of hydrogen-bond acceptors (Lipinski definition) is 11. The average molecular weight is 738 g/mol. The summed E-state index contributed by atoms with van der Waals surface area (Å²) in [6.45, 7) is 5.09. The molecule has 4 aliphatic rings. The number of piperazine rings is 1. The van der Waals surface area contributed by atoms with E-state index in [2.05, 4.69) is 46.3 Å². The Morgan fingerprint density at radius 2 is 1.65 bits per heavy atom. The summed E-state index contributed by atoms with van der Waals surface area (Å²) in [6, 6.07) is 11.2. The van der Waals surface area contributed by atoms with Crippen molar-refractivity contribution in [2.24, 2.45) is 0 Å². The predicted octanol–water partition coefficient (Wildman–Crippen LogP) is 4.53. The van der Waals surface area contributed by atoms with Gasteiger partial charge in [0.25, 0.3) is 5.91 Å². The van der Waals surface area contributed by atoms with Gasteiger partial charge in [0, 0.05) is 89.1 Å². The minimum Gasteiger partial charge on any atom is -0.374 e. The largest absolute Gasteiger partial charge is 0.374 e. The van der Waals surface area contributed by atoms with Gasteiger partial charge in [0.05, 0.1) is 17.6 Å². The lowest BCUT2D eigenvalue weighted by atomic mass is 10.0. The average Bonchev–Trinajstić information content (AvgIpc) is 3.84. The highest BCUT2D eigenvalue weighted by atomic mass is 19.1. The number of pyridine rings is 1. The molecule has 4 aromatic rings. The molecule has 1 aliphatic carbocycles. The Morgan fingerprint density at radius 3 is 2.33 bits per heavy atom. The second-order valence-electron chi connectivity index (χ2n) is 15.1. The zero-order chi connectivity index (χ0) is 37.3. The number of carbonyl (C=O) groups excluding carboxylic acids is 3. The van der Waals surface area contributed by atoms with Crippen molar-refractivity contribution in [2.45, 2.75) is 69.5 Å². The maximum absolute atomic E-state index is 15.2. The van der Waals surface area contributed by atoms with E-state index >= 15 is 4.39 Å². The molecule has 14 nitrogen and oxygen atoms in total. The van der Waals surface area contributed by atoms with E-state index in [4.69, 9.17) is 9.97 Å². The molecule has 0 bridgehead atoms. The number of fused-ring (bicyclic) bond motifs is 1. The van der Waals surface area contributed by atoms with Crippen LogP contribution in [0, 0.1) is 5.82 Å². The molecule has 1 atom stereocenters. The first-order valence-electron chi connectivity index (χ1n) is 19.2. The van der Waals surface area contributed by atoms with Crippen LogP contribution in [0.15, 0.2) is 48.8 Å². The van der Waals surface area contributed by atoms with Crippen LogP contribution in [-0.4, -0.2) is 112 Å². The predicted molar refractivity (Wildman–Crippen MR) is 206 cm³/mol. The highest BCUT2D eigenvalue weighted by molar-refractivity contribution is 6.01. The van der Waals surface area contributed by atoms with Gasteiger partial charge in [-0.25, -0.2) is 14.4 Å². The molecule has 1 saturated carbocycles. The number of anilines is 5. The van der Waals surface area contributed by atoms with Crippen LogP contribution in [0.25, 0.3) is 11.0 Å². The third-order valence-corrected chi connectivity index (χ3v) is 11.4. The van der Waals surface area contributed by atoms with E-state index in [1.165, 1.54) is 6.07 Å². The summed E-state index contributed by atoms with van der Waals surface area (Å²) in [4.78, 5) is 59.3. The van der Waals surface area contributed by atoms with Gasteiger partial charge in [-0.1, -0.05) is 12.8 Å². The Balaban J connectivity index is 0.833. The van der Waals surface area contributed by atoms with E-state index < -0.39 is 6.04 Å². The molecule has 4 fully saturated rings. The molecule has 0 radical (unpaired) electrons. The van der Waals surface area contributed by atoms with Crippen molar-refractivity contribution in [3.63, 3.8) is 0 Å². The van der Waals surface area contributed by atoms with E-state index in [9.17, 15) is 14.4 Å². The highest BCUT2D eigenvalue weighted by Gasteiger charge is 2.30. The molecule has 3 aliphatic heterocycles. The standard InChI is InChI=1S/C39H48FN11O3/c1-47(2)38(54)33-21-25-23-42-39(46-36(25)51(33)28-5-3-4-6-28)44-34-11-8-29(24-41-34)48-15-13-27(14-16-48)49-17-19-50(20-18-49)32-10-7-26(22-30(32)40)43-31-9-12-35(52)45-37(31)53/h7-8,10-11,21-24,27-28,31,43H,3-6,9,12-20H2,1-2H3,(H,45,52,53)(H,41,42,44,46)/t31-/m0/s1. The zero-order valence-electron chi connectivity index (χ0n) is 30.9. The van der Waals surface area contributed by atoms with E-state index in [0.717, 1.165) is 94.5 Å². The lowest BCUT2D eigenvalue weighted by Crippen LogP contribution is -2.53. The first-order chi connectivity index (χ1) is 26.2. The maximum Gasteiger partial charge on any atom is 0.270 e. The highest BCUT2D eigenvalue weighted by Crippen LogP contribution is 2.35. The molecule has 3 amide bonds. The first kappa shape index (κ1) is 35.7. The summed E-state index contributed by atoms with van der Waals surface area (Å²) < 4.78 is 17.3. The molecule has 54 heavy (non-hydrogen) atoms. The number of amides is 3. The molecule has 3 N–H and O–H groups in total. The van der Waals surface area contributed by atoms with Crippen molar-refractivity contribution in [1.82, 2.24) is 34.6 Å². The number of imide groups is 1. The normalized spacial score (nSPS) is 20.4. The summed E-state index contributed by atoms with van der Waals surface area (Å²) >= 11 is 0. The Kier molecular flexibility index (Phi) is 10.1. The number of halogens is 1. The van der Waals surface area contributed by atoms with Crippen LogP contribution >= 0.6 is 0 Å². The van der Waals surface area contributed by atoms with Gasteiger partial charge in [-0.15, -0.1) is 0 Å². The van der Waals surface area contributed by atoms with Crippen LogP contribution in [0.5, 0.6) is 0 Å². The van der Waals surface area contributed by atoms with Gasteiger partial charge in [0.15, 0.2) is 0 Å². The van der Waals surface area contributed by atoms with Crippen LogP contribution in [-0.2, 0) is 9.59 Å². The van der Waals surface area contributed by atoms with Crippen LogP contribution in [0.3, 0.4) is 0 Å². The van der Waals surface area contributed by atoms with E-state index in [1.807, 2.05) is 18.3 Å². The third kappa shape index (κ3) is 7.41. The number of aromatic nitrogens is 4. The fourth-order valence-electron chi connectivity index (χ4n) is 8.46. The molecule has 3 saturated heterocycles. The van der Waals surface area contributed by atoms with Gasteiger partial charge >= 0.3 is 0 Å². The summed E-state index contributed by atoms with van der Waals surface area (Å²) in [5, 5.41) is 9.52. The number of piperidine rings is 2. The Hall–Kier alpha value is -5.31. The molecule has 6 heterocycles. The van der Waals surface area contributed by atoms with Crippen molar-refractivity contribution in [2.75, 3.05) is 73.8 Å². The van der Waals surface area contributed by atoms with Crippen molar-refractivity contribution in [3.05, 3.63) is 60.3 Å². The van der Waals surface area contributed by atoms with Crippen LogP contribution < -0.4 is 25.8 Å². The number of nitrogens with zero attached hydrogens (tertiary/aromatic N) is 8. The smallest absolute Gasteiger partial charge is 0.270 e. The maximum atomic E-state index is 15.2. The lowest BCUT2D eigenvalue weighted by Gasteiger charge is -2.43. The van der Waals surface area contributed by atoms with Crippen molar-refractivity contribution < 1.29 is 18.8 Å². The first-order valence-corrected chi connectivity index (χ1v) is 19.2. The molecular formula is C39H48FN11O3. The second kappa shape index (κ2) is 15.2. The summed E-state index contributed by atoms with van der Waals surface area (Å²) in [6.07, 6.45) is 10.8. The van der Waals surface area contributed by atoms with Crippen molar-refractivity contribution in [3.8, 4) is 0 Å². The Morgan fingerprint density at radius 1 is 0.870 bits per heavy atom. The molecule has 0 unspecified atom stereocenters. The van der Waals surface area contributed by atoms with Crippen LogP contribution in [0.4, 0.5) is 33.2 Å². The fourth-order valence-corrected chi connectivity index (χ4v) is 8.46. The number of hydrogen-bond donors (Lipinski definition) is 3. The molecule has 3 aromatic heterocycles. The lowest BCUT2D eigenvalue weighted by molar-refractivity contribution is -0.133. The molecule has 1 aromatic carbocycles. The van der Waals surface area contributed by atoms with Crippen LogP contribution in [0.2, 0.25) is 0 Å². The topological polar surface area (TPSA) is 144 Å². The Labute approximate surface area is 314 Å². The van der Waals surface area contributed by atoms with E-state index in [0.29, 0.717) is 41.3 Å². The number of benzene rings is 1. The van der Waals surface area contributed by atoms with Gasteiger partial charge < -0.3 is 29.9 Å². The molecule has 0 spiro atoms.